The van der Waals surface area contributed by atoms with Crippen molar-refractivity contribution in [2.24, 2.45) is 5.92 Å². The largest absolute Gasteiger partial charge is 0.480 e. The number of urea groups is 1. The van der Waals surface area contributed by atoms with E-state index >= 15 is 0 Å². The predicted octanol–water partition coefficient (Wildman–Crippen LogP) is 0.197. The van der Waals surface area contributed by atoms with Crippen LogP contribution < -0.4 is 5.32 Å². The summed E-state index contributed by atoms with van der Waals surface area (Å²) in [7, 11) is 2.15. The van der Waals surface area contributed by atoms with Crippen LogP contribution in [0.25, 0.3) is 0 Å². The van der Waals surface area contributed by atoms with Gasteiger partial charge in [-0.15, -0.1) is 0 Å². The van der Waals surface area contributed by atoms with Gasteiger partial charge < -0.3 is 20.2 Å². The number of carboxylic acid groups (broad SMARTS) is 1. The summed E-state index contributed by atoms with van der Waals surface area (Å²) in [5.74, 6) is -0.469. The molecule has 2 atom stereocenters. The molecule has 2 aliphatic heterocycles. The molecule has 6 heteroatoms. The van der Waals surface area contributed by atoms with E-state index in [1.165, 1.54) is 6.42 Å². The molecule has 2 unspecified atom stereocenters. The van der Waals surface area contributed by atoms with Crippen molar-refractivity contribution in [3.05, 3.63) is 0 Å². The number of carbonyl (C=O) groups excluding carboxylic acids is 1. The second-order valence-corrected chi connectivity index (χ2v) is 5.24. The first kappa shape index (κ1) is 13.1. The van der Waals surface area contributed by atoms with Crippen molar-refractivity contribution in [3.63, 3.8) is 0 Å². The van der Waals surface area contributed by atoms with Crippen molar-refractivity contribution >= 4 is 12.0 Å². The molecule has 0 aromatic rings. The molecule has 0 saturated carbocycles. The highest BCUT2D eigenvalue weighted by Crippen LogP contribution is 2.29. The van der Waals surface area contributed by atoms with Crippen LogP contribution in [0.15, 0.2) is 0 Å². The number of carboxylic acids is 1. The highest BCUT2D eigenvalue weighted by Gasteiger charge is 2.35. The standard InChI is InChI=1S/C12H21N3O3/c1-14-5-2-3-9-8-15(6-4-10(9)14)12(18)13-7-11(16)17/h9-10H,2-8H2,1H3,(H,13,18)(H,16,17). The van der Waals surface area contributed by atoms with Crippen LogP contribution in [-0.2, 0) is 4.79 Å². The molecule has 2 heterocycles. The molecule has 2 fully saturated rings. The second kappa shape index (κ2) is 5.56. The molecule has 0 aromatic heterocycles. The average Bonchev–Trinajstić information content (AvgIpc) is 2.35. The molecule has 2 N–H and O–H groups in total. The summed E-state index contributed by atoms with van der Waals surface area (Å²) in [6, 6.07) is 0.339. The Hall–Kier alpha value is -1.30. The maximum atomic E-state index is 11.8. The fourth-order valence-corrected chi connectivity index (χ4v) is 3.10. The monoisotopic (exact) mass is 255 g/mol. The van der Waals surface area contributed by atoms with Gasteiger partial charge in [0.1, 0.15) is 6.54 Å². The lowest BCUT2D eigenvalue weighted by molar-refractivity contribution is -0.135. The average molecular weight is 255 g/mol. The van der Waals surface area contributed by atoms with Crippen molar-refractivity contribution in [3.8, 4) is 0 Å². The Morgan fingerprint density at radius 3 is 2.83 bits per heavy atom. The third-order valence-corrected chi connectivity index (χ3v) is 4.02. The van der Waals surface area contributed by atoms with Crippen LogP contribution in [-0.4, -0.2) is 66.2 Å². The molecule has 6 nitrogen and oxygen atoms in total. The van der Waals surface area contributed by atoms with Crippen LogP contribution in [0.4, 0.5) is 4.79 Å². The molecular weight excluding hydrogens is 234 g/mol. The van der Waals surface area contributed by atoms with Gasteiger partial charge in [-0.05, 0) is 38.8 Å². The first-order valence-corrected chi connectivity index (χ1v) is 6.52. The number of likely N-dealkylation sites (tertiary alicyclic amines) is 2. The van der Waals surface area contributed by atoms with E-state index in [9.17, 15) is 9.59 Å². The van der Waals surface area contributed by atoms with Crippen LogP contribution in [0.5, 0.6) is 0 Å². The van der Waals surface area contributed by atoms with E-state index in [1.807, 2.05) is 0 Å². The zero-order valence-electron chi connectivity index (χ0n) is 10.8. The summed E-state index contributed by atoms with van der Waals surface area (Å²) >= 11 is 0. The van der Waals surface area contributed by atoms with Gasteiger partial charge in [0, 0.05) is 19.1 Å². The molecule has 0 spiro atoms. The Bertz CT molecular complexity index is 335. The zero-order chi connectivity index (χ0) is 13.1. The van der Waals surface area contributed by atoms with Crippen molar-refractivity contribution in [2.45, 2.75) is 25.3 Å². The van der Waals surface area contributed by atoms with Crippen molar-refractivity contribution < 1.29 is 14.7 Å². The Morgan fingerprint density at radius 2 is 2.11 bits per heavy atom. The molecule has 2 saturated heterocycles. The number of fused-ring (bicyclic) bond motifs is 1. The van der Waals surface area contributed by atoms with Gasteiger partial charge in [0.15, 0.2) is 0 Å². The van der Waals surface area contributed by atoms with E-state index in [-0.39, 0.29) is 12.6 Å². The highest BCUT2D eigenvalue weighted by molar-refractivity contribution is 5.80. The van der Waals surface area contributed by atoms with Crippen LogP contribution in [0.2, 0.25) is 0 Å². The number of piperidine rings is 2. The number of rotatable bonds is 2. The van der Waals surface area contributed by atoms with Gasteiger partial charge in [0.2, 0.25) is 0 Å². The molecule has 2 rings (SSSR count). The minimum Gasteiger partial charge on any atom is -0.480 e. The zero-order valence-corrected chi connectivity index (χ0v) is 10.8. The summed E-state index contributed by atoms with van der Waals surface area (Å²) in [6.45, 7) is 2.31. The number of hydrogen-bond donors (Lipinski definition) is 2. The van der Waals surface area contributed by atoms with Gasteiger partial charge in [-0.3, -0.25) is 4.79 Å². The first-order chi connectivity index (χ1) is 8.58. The number of nitrogens with one attached hydrogen (secondary N) is 1. The van der Waals surface area contributed by atoms with E-state index in [2.05, 4.69) is 17.3 Å². The third-order valence-electron chi connectivity index (χ3n) is 4.02. The van der Waals surface area contributed by atoms with E-state index in [4.69, 9.17) is 5.11 Å². The lowest BCUT2D eigenvalue weighted by atomic mass is 9.84. The molecule has 2 aliphatic rings. The molecule has 0 aliphatic carbocycles. The molecule has 102 valence electrons. The lowest BCUT2D eigenvalue weighted by Crippen LogP contribution is -2.55. The third kappa shape index (κ3) is 2.93. The molecule has 0 aromatic carbocycles. The normalized spacial score (nSPS) is 28.6. The topological polar surface area (TPSA) is 72.9 Å². The van der Waals surface area contributed by atoms with Crippen LogP contribution in [0, 0.1) is 5.92 Å². The maximum Gasteiger partial charge on any atom is 0.323 e. The van der Waals surface area contributed by atoms with Crippen molar-refractivity contribution in [2.75, 3.05) is 33.2 Å². The molecule has 18 heavy (non-hydrogen) atoms. The van der Waals surface area contributed by atoms with Crippen LogP contribution >= 0.6 is 0 Å². The number of hydrogen-bond acceptors (Lipinski definition) is 3. The summed E-state index contributed by atoms with van der Waals surface area (Å²) < 4.78 is 0. The number of aliphatic carboxylic acids is 1. The van der Waals surface area contributed by atoms with E-state index in [1.54, 1.807) is 4.90 Å². The number of carbonyl (C=O) groups is 2. The van der Waals surface area contributed by atoms with E-state index in [0.29, 0.717) is 12.0 Å². The summed E-state index contributed by atoms with van der Waals surface area (Å²) in [5, 5.41) is 11.0. The second-order valence-electron chi connectivity index (χ2n) is 5.24. The number of nitrogens with zero attached hydrogens (tertiary/aromatic N) is 2. The molecular formula is C12H21N3O3. The molecule has 2 amide bonds. The Morgan fingerprint density at radius 1 is 1.33 bits per heavy atom. The Balaban J connectivity index is 1.86. The quantitative estimate of drug-likeness (QED) is 0.739. The summed E-state index contributed by atoms with van der Waals surface area (Å²) in [6.07, 6.45) is 3.33. The number of amides is 2. The van der Waals surface area contributed by atoms with Crippen LogP contribution in [0.3, 0.4) is 0 Å². The van der Waals surface area contributed by atoms with E-state index < -0.39 is 5.97 Å². The van der Waals surface area contributed by atoms with Crippen LogP contribution in [0.1, 0.15) is 19.3 Å². The molecule has 0 bridgehead atoms. The van der Waals surface area contributed by atoms with Gasteiger partial charge in [-0.2, -0.15) is 0 Å². The van der Waals surface area contributed by atoms with Gasteiger partial charge >= 0.3 is 12.0 Å². The minimum atomic E-state index is -1.00. The summed E-state index contributed by atoms with van der Waals surface area (Å²) in [4.78, 5) is 26.4. The minimum absolute atomic E-state index is 0.246. The van der Waals surface area contributed by atoms with Crippen molar-refractivity contribution in [1.82, 2.24) is 15.1 Å². The molecule has 0 radical (unpaired) electrons. The fraction of sp³-hybridized carbons (Fsp3) is 0.833. The Labute approximate surface area is 107 Å². The predicted molar refractivity (Wildman–Crippen MR) is 66.4 cm³/mol. The van der Waals surface area contributed by atoms with Gasteiger partial charge in [0.05, 0.1) is 0 Å². The SMILES string of the molecule is CN1CCCC2CN(C(=O)NCC(=O)O)CCC21. The van der Waals surface area contributed by atoms with E-state index in [0.717, 1.165) is 32.5 Å². The van der Waals surface area contributed by atoms with Gasteiger partial charge in [-0.1, -0.05) is 0 Å². The fourth-order valence-electron chi connectivity index (χ4n) is 3.10. The van der Waals surface area contributed by atoms with Crippen molar-refractivity contribution in [1.29, 1.82) is 0 Å². The van der Waals surface area contributed by atoms with Gasteiger partial charge in [-0.25, -0.2) is 4.79 Å². The van der Waals surface area contributed by atoms with Gasteiger partial charge in [0.25, 0.3) is 0 Å². The first-order valence-electron chi connectivity index (χ1n) is 6.52. The lowest BCUT2D eigenvalue weighted by Gasteiger charge is -2.45. The summed E-state index contributed by atoms with van der Waals surface area (Å²) in [5.41, 5.74) is 0. The maximum absolute atomic E-state index is 11.8. The smallest absolute Gasteiger partial charge is 0.323 e. The Kier molecular flexibility index (Phi) is 4.06. The highest BCUT2D eigenvalue weighted by atomic mass is 16.4.